The SMILES string of the molecule is CC(C)(C)CC(=O)C1CCCN1.CC(C)(C)CC(=O)[C@@H]1CCCN1. The maximum absolute atomic E-state index is 11.6. The van der Waals surface area contributed by atoms with Crippen molar-refractivity contribution in [2.45, 2.75) is 92.2 Å². The minimum absolute atomic E-state index is 0.140. The number of carbonyl (C=O) groups is 2. The fourth-order valence-electron chi connectivity index (χ4n) is 3.21. The molecule has 4 nitrogen and oxygen atoms in total. The third-order valence-corrected chi connectivity index (χ3v) is 4.31. The minimum atomic E-state index is 0.140. The topological polar surface area (TPSA) is 58.2 Å². The Bertz CT molecular complexity index is 366. The Morgan fingerprint density at radius 2 is 1.08 bits per heavy atom. The average Bonchev–Trinajstić information content (AvgIpc) is 3.10. The van der Waals surface area contributed by atoms with Gasteiger partial charge in [-0.15, -0.1) is 0 Å². The molecule has 24 heavy (non-hydrogen) atoms. The van der Waals surface area contributed by atoms with Crippen LogP contribution < -0.4 is 10.6 Å². The number of hydrogen-bond acceptors (Lipinski definition) is 4. The zero-order chi connectivity index (χ0) is 18.4. The molecule has 0 aliphatic carbocycles. The largest absolute Gasteiger partial charge is 0.307 e. The Kier molecular flexibility index (Phi) is 8.07. The first kappa shape index (κ1) is 21.3. The first-order chi connectivity index (χ1) is 11.0. The first-order valence-electron chi connectivity index (χ1n) is 9.50. The van der Waals surface area contributed by atoms with Gasteiger partial charge in [0, 0.05) is 12.8 Å². The van der Waals surface area contributed by atoms with E-state index in [0.29, 0.717) is 24.4 Å². The summed E-state index contributed by atoms with van der Waals surface area (Å²) in [4.78, 5) is 23.2. The van der Waals surface area contributed by atoms with Crippen molar-refractivity contribution in [3.05, 3.63) is 0 Å². The van der Waals surface area contributed by atoms with Crippen molar-refractivity contribution in [1.29, 1.82) is 0 Å². The Balaban J connectivity index is 0.000000240. The molecule has 0 aromatic rings. The molecule has 4 heteroatoms. The van der Waals surface area contributed by atoms with E-state index in [4.69, 9.17) is 0 Å². The highest BCUT2D eigenvalue weighted by atomic mass is 16.1. The predicted octanol–water partition coefficient (Wildman–Crippen LogP) is 3.49. The van der Waals surface area contributed by atoms with E-state index < -0.39 is 0 Å². The van der Waals surface area contributed by atoms with Gasteiger partial charge in [-0.3, -0.25) is 9.59 Å². The van der Waals surface area contributed by atoms with Crippen LogP contribution in [0.1, 0.15) is 80.1 Å². The molecule has 0 amide bonds. The van der Waals surface area contributed by atoms with Crippen LogP contribution in [-0.4, -0.2) is 36.7 Å². The van der Waals surface area contributed by atoms with Crippen LogP contribution >= 0.6 is 0 Å². The van der Waals surface area contributed by atoms with E-state index in [-0.39, 0.29) is 22.9 Å². The Labute approximate surface area is 148 Å². The van der Waals surface area contributed by atoms with Crippen molar-refractivity contribution < 1.29 is 9.59 Å². The van der Waals surface area contributed by atoms with Crippen molar-refractivity contribution >= 4 is 11.6 Å². The molecule has 2 atom stereocenters. The van der Waals surface area contributed by atoms with Gasteiger partial charge in [0.1, 0.15) is 11.6 Å². The highest BCUT2D eigenvalue weighted by Gasteiger charge is 2.26. The monoisotopic (exact) mass is 338 g/mol. The number of ketones is 2. The van der Waals surface area contributed by atoms with Crippen LogP contribution in [0.5, 0.6) is 0 Å². The van der Waals surface area contributed by atoms with Crippen molar-refractivity contribution in [3.63, 3.8) is 0 Å². The molecule has 2 aliphatic heterocycles. The van der Waals surface area contributed by atoms with E-state index in [1.54, 1.807) is 0 Å². The van der Waals surface area contributed by atoms with Gasteiger partial charge in [0.15, 0.2) is 0 Å². The zero-order valence-corrected chi connectivity index (χ0v) is 16.6. The molecule has 0 saturated carbocycles. The molecule has 0 aromatic heterocycles. The Morgan fingerprint density at radius 3 is 1.29 bits per heavy atom. The summed E-state index contributed by atoms with van der Waals surface area (Å²) in [6.45, 7) is 14.7. The lowest BCUT2D eigenvalue weighted by Crippen LogP contribution is -2.33. The normalized spacial score (nSPS) is 24.4. The molecule has 2 rings (SSSR count). The summed E-state index contributed by atoms with van der Waals surface area (Å²) >= 11 is 0. The van der Waals surface area contributed by atoms with Crippen LogP contribution in [-0.2, 0) is 9.59 Å². The average molecular weight is 339 g/mol. The number of rotatable bonds is 4. The predicted molar refractivity (Wildman–Crippen MR) is 100 cm³/mol. The quantitative estimate of drug-likeness (QED) is 0.824. The second-order valence-electron chi connectivity index (χ2n) is 9.71. The van der Waals surface area contributed by atoms with Gasteiger partial charge < -0.3 is 10.6 Å². The molecule has 2 N–H and O–H groups in total. The number of hydrogen-bond donors (Lipinski definition) is 2. The van der Waals surface area contributed by atoms with Crippen molar-refractivity contribution in [2.75, 3.05) is 13.1 Å². The molecule has 0 aromatic carbocycles. The number of Topliss-reactive ketones (excluding diaryl/α,β-unsaturated/α-hetero) is 2. The lowest BCUT2D eigenvalue weighted by atomic mass is 9.87. The van der Waals surface area contributed by atoms with Crippen LogP contribution in [0.2, 0.25) is 0 Å². The van der Waals surface area contributed by atoms with E-state index in [2.05, 4.69) is 52.2 Å². The summed E-state index contributed by atoms with van der Waals surface area (Å²) in [5.41, 5.74) is 0.280. The van der Waals surface area contributed by atoms with Crippen molar-refractivity contribution in [1.82, 2.24) is 10.6 Å². The summed E-state index contributed by atoms with van der Waals surface area (Å²) < 4.78 is 0. The molecule has 2 fully saturated rings. The maximum atomic E-state index is 11.6. The third kappa shape index (κ3) is 8.93. The van der Waals surface area contributed by atoms with Gasteiger partial charge in [-0.05, 0) is 49.6 Å². The van der Waals surface area contributed by atoms with E-state index in [0.717, 1.165) is 38.8 Å². The molecule has 2 saturated heterocycles. The molecule has 2 heterocycles. The van der Waals surface area contributed by atoms with Crippen molar-refractivity contribution in [3.8, 4) is 0 Å². The van der Waals surface area contributed by atoms with Crippen LogP contribution in [0, 0.1) is 10.8 Å². The van der Waals surface area contributed by atoms with Crippen molar-refractivity contribution in [2.24, 2.45) is 10.8 Å². The van der Waals surface area contributed by atoms with E-state index in [9.17, 15) is 9.59 Å². The van der Waals surface area contributed by atoms with E-state index >= 15 is 0 Å². The van der Waals surface area contributed by atoms with Gasteiger partial charge in [-0.25, -0.2) is 0 Å². The van der Waals surface area contributed by atoms with E-state index in [1.807, 2.05) is 0 Å². The molecular weight excluding hydrogens is 300 g/mol. The van der Waals surface area contributed by atoms with Crippen LogP contribution in [0.3, 0.4) is 0 Å². The number of nitrogens with one attached hydrogen (secondary N) is 2. The van der Waals surface area contributed by atoms with Gasteiger partial charge in [0.2, 0.25) is 0 Å². The molecule has 1 unspecified atom stereocenters. The first-order valence-corrected chi connectivity index (χ1v) is 9.50. The summed E-state index contributed by atoms with van der Waals surface area (Å²) in [7, 11) is 0. The minimum Gasteiger partial charge on any atom is -0.307 e. The van der Waals surface area contributed by atoms with Gasteiger partial charge in [-0.1, -0.05) is 41.5 Å². The molecular formula is C20H38N2O2. The highest BCUT2D eigenvalue weighted by Crippen LogP contribution is 2.22. The Hall–Kier alpha value is -0.740. The summed E-state index contributed by atoms with van der Waals surface area (Å²) in [5, 5.41) is 6.46. The molecule has 0 spiro atoms. The fraction of sp³-hybridized carbons (Fsp3) is 0.900. The van der Waals surface area contributed by atoms with Gasteiger partial charge in [0.25, 0.3) is 0 Å². The summed E-state index contributed by atoms with van der Waals surface area (Å²) in [6, 6.07) is 0.313. The lowest BCUT2D eigenvalue weighted by Gasteiger charge is -2.19. The number of carbonyl (C=O) groups excluding carboxylic acids is 2. The standard InChI is InChI=1S/2C10H19NO/c2*1-10(2,3)7-9(12)8-5-4-6-11-8/h2*8,11H,4-7H2,1-3H3/t8-;/m0./s1. The second kappa shape index (κ2) is 9.10. The fourth-order valence-corrected chi connectivity index (χ4v) is 3.21. The third-order valence-electron chi connectivity index (χ3n) is 4.31. The van der Waals surface area contributed by atoms with Gasteiger partial charge in [0.05, 0.1) is 12.1 Å². The van der Waals surface area contributed by atoms with Crippen LogP contribution in [0.4, 0.5) is 0 Å². The maximum Gasteiger partial charge on any atom is 0.150 e. The summed E-state index contributed by atoms with van der Waals surface area (Å²) in [5.74, 6) is 0.778. The van der Waals surface area contributed by atoms with E-state index in [1.165, 1.54) is 0 Å². The van der Waals surface area contributed by atoms with Gasteiger partial charge in [-0.2, -0.15) is 0 Å². The molecule has 140 valence electrons. The lowest BCUT2D eigenvalue weighted by molar-refractivity contribution is -0.123. The van der Waals surface area contributed by atoms with Crippen LogP contribution in [0.25, 0.3) is 0 Å². The van der Waals surface area contributed by atoms with Crippen LogP contribution in [0.15, 0.2) is 0 Å². The second-order valence-corrected chi connectivity index (χ2v) is 9.71. The molecule has 0 radical (unpaired) electrons. The smallest absolute Gasteiger partial charge is 0.150 e. The molecule has 2 aliphatic rings. The highest BCUT2D eigenvalue weighted by molar-refractivity contribution is 5.85. The van der Waals surface area contributed by atoms with Gasteiger partial charge >= 0.3 is 0 Å². The molecule has 0 bridgehead atoms. The summed E-state index contributed by atoms with van der Waals surface area (Å²) in [6.07, 6.45) is 5.78. The Morgan fingerprint density at radius 1 is 0.750 bits per heavy atom. The zero-order valence-electron chi connectivity index (χ0n) is 16.6.